The third-order valence-electron chi connectivity index (χ3n) is 3.05. The van der Waals surface area contributed by atoms with E-state index >= 15 is 0 Å². The van der Waals surface area contributed by atoms with Gasteiger partial charge in [-0.3, -0.25) is 4.79 Å². The topological polar surface area (TPSA) is 54.6 Å². The molecule has 0 bridgehead atoms. The van der Waals surface area contributed by atoms with Crippen LogP contribution in [0.15, 0.2) is 52.9 Å². The van der Waals surface area contributed by atoms with Crippen molar-refractivity contribution >= 4 is 23.0 Å². The molecule has 4 nitrogen and oxygen atoms in total. The van der Waals surface area contributed by atoms with E-state index in [4.69, 9.17) is 0 Å². The zero-order valence-electron chi connectivity index (χ0n) is 12.1. The standard InChI is InChI=1S/C16H18N2O2S/c1-11(2)9-18-14(12(3)15(19)20)10-21-16(18)17-13-7-5-4-6-8-13/h4-8,10,12H,1,9H2,2-3H3,(H,19,20). The summed E-state index contributed by atoms with van der Waals surface area (Å²) >= 11 is 1.45. The van der Waals surface area contributed by atoms with Crippen molar-refractivity contribution in [3.8, 4) is 0 Å². The summed E-state index contributed by atoms with van der Waals surface area (Å²) in [6, 6.07) is 9.64. The molecule has 0 aliphatic heterocycles. The third-order valence-corrected chi connectivity index (χ3v) is 3.93. The largest absolute Gasteiger partial charge is 0.481 e. The number of nitrogens with zero attached hydrogens (tertiary/aromatic N) is 2. The van der Waals surface area contributed by atoms with E-state index in [0.29, 0.717) is 6.54 Å². The lowest BCUT2D eigenvalue weighted by atomic mass is 10.1. The second-order valence-corrected chi connectivity index (χ2v) is 5.83. The lowest BCUT2D eigenvalue weighted by Crippen LogP contribution is -2.21. The molecule has 1 atom stereocenters. The Morgan fingerprint density at radius 3 is 2.67 bits per heavy atom. The van der Waals surface area contributed by atoms with Crippen molar-refractivity contribution < 1.29 is 9.90 Å². The highest BCUT2D eigenvalue weighted by molar-refractivity contribution is 7.07. The first kappa shape index (κ1) is 15.3. The number of benzene rings is 1. The van der Waals surface area contributed by atoms with Crippen LogP contribution in [-0.4, -0.2) is 15.6 Å². The fourth-order valence-corrected chi connectivity index (χ4v) is 2.95. The van der Waals surface area contributed by atoms with Gasteiger partial charge in [0.2, 0.25) is 0 Å². The second-order valence-electron chi connectivity index (χ2n) is 4.99. The highest BCUT2D eigenvalue weighted by Crippen LogP contribution is 2.18. The number of allylic oxidation sites excluding steroid dienone is 1. The molecule has 0 saturated carbocycles. The smallest absolute Gasteiger partial charge is 0.312 e. The van der Waals surface area contributed by atoms with E-state index in [1.54, 1.807) is 6.92 Å². The van der Waals surface area contributed by atoms with Gasteiger partial charge in [0.05, 0.1) is 11.6 Å². The summed E-state index contributed by atoms with van der Waals surface area (Å²) in [6.45, 7) is 8.10. The molecule has 21 heavy (non-hydrogen) atoms. The molecular formula is C16H18N2O2S. The Hall–Kier alpha value is -2.14. The van der Waals surface area contributed by atoms with E-state index in [1.807, 2.05) is 47.2 Å². The highest BCUT2D eigenvalue weighted by Gasteiger charge is 2.19. The molecule has 0 spiro atoms. The molecule has 0 saturated heterocycles. The molecule has 2 rings (SSSR count). The summed E-state index contributed by atoms with van der Waals surface area (Å²) in [5.41, 5.74) is 2.57. The van der Waals surface area contributed by atoms with Crippen LogP contribution in [0.25, 0.3) is 0 Å². The van der Waals surface area contributed by atoms with E-state index in [0.717, 1.165) is 21.8 Å². The Labute approximate surface area is 127 Å². The molecule has 2 aromatic rings. The Morgan fingerprint density at radius 1 is 1.43 bits per heavy atom. The van der Waals surface area contributed by atoms with Crippen LogP contribution in [0.3, 0.4) is 0 Å². The molecular weight excluding hydrogens is 284 g/mol. The van der Waals surface area contributed by atoms with Crippen LogP contribution in [0.4, 0.5) is 5.69 Å². The van der Waals surface area contributed by atoms with E-state index in [-0.39, 0.29) is 0 Å². The first-order chi connectivity index (χ1) is 9.99. The molecule has 1 aromatic carbocycles. The van der Waals surface area contributed by atoms with Crippen LogP contribution in [0.1, 0.15) is 25.5 Å². The van der Waals surface area contributed by atoms with Crippen molar-refractivity contribution in [1.82, 2.24) is 4.57 Å². The van der Waals surface area contributed by atoms with Crippen molar-refractivity contribution in [1.29, 1.82) is 0 Å². The number of hydrogen-bond donors (Lipinski definition) is 1. The molecule has 0 amide bonds. The number of aliphatic carboxylic acids is 1. The number of aromatic nitrogens is 1. The van der Waals surface area contributed by atoms with E-state index < -0.39 is 11.9 Å². The molecule has 1 aromatic heterocycles. The average Bonchev–Trinajstić information content (AvgIpc) is 2.81. The van der Waals surface area contributed by atoms with Crippen LogP contribution < -0.4 is 4.80 Å². The monoisotopic (exact) mass is 302 g/mol. The number of carboxylic acids is 1. The second kappa shape index (κ2) is 6.54. The molecule has 0 radical (unpaired) electrons. The number of rotatable bonds is 5. The maximum atomic E-state index is 11.2. The predicted molar refractivity (Wildman–Crippen MR) is 84.8 cm³/mol. The van der Waals surface area contributed by atoms with Crippen molar-refractivity contribution in [2.75, 3.05) is 0 Å². The minimum Gasteiger partial charge on any atom is -0.481 e. The van der Waals surface area contributed by atoms with Gasteiger partial charge < -0.3 is 9.67 Å². The van der Waals surface area contributed by atoms with Crippen molar-refractivity contribution in [2.45, 2.75) is 26.3 Å². The fourth-order valence-electron chi connectivity index (χ4n) is 1.94. The summed E-state index contributed by atoms with van der Waals surface area (Å²) in [5.74, 6) is -1.41. The van der Waals surface area contributed by atoms with Crippen LogP contribution in [0.2, 0.25) is 0 Å². The molecule has 1 heterocycles. The van der Waals surface area contributed by atoms with Crippen molar-refractivity contribution in [3.63, 3.8) is 0 Å². The van der Waals surface area contributed by atoms with Gasteiger partial charge in [0, 0.05) is 17.6 Å². The van der Waals surface area contributed by atoms with Gasteiger partial charge in [0.1, 0.15) is 0 Å². The van der Waals surface area contributed by atoms with Gasteiger partial charge in [-0.1, -0.05) is 30.4 Å². The molecule has 0 aliphatic rings. The fraction of sp³-hybridized carbons (Fsp3) is 0.250. The Kier molecular flexibility index (Phi) is 4.75. The van der Waals surface area contributed by atoms with Gasteiger partial charge in [-0.15, -0.1) is 11.3 Å². The Balaban J connectivity index is 2.54. The highest BCUT2D eigenvalue weighted by atomic mass is 32.1. The Bertz CT molecular complexity index is 713. The normalized spacial score (nSPS) is 13.1. The first-order valence-corrected chi connectivity index (χ1v) is 7.52. The first-order valence-electron chi connectivity index (χ1n) is 6.64. The van der Waals surface area contributed by atoms with Gasteiger partial charge >= 0.3 is 5.97 Å². The van der Waals surface area contributed by atoms with Crippen LogP contribution in [-0.2, 0) is 11.3 Å². The molecule has 5 heteroatoms. The van der Waals surface area contributed by atoms with Gasteiger partial charge in [-0.25, -0.2) is 4.99 Å². The van der Waals surface area contributed by atoms with Crippen LogP contribution in [0.5, 0.6) is 0 Å². The predicted octanol–water partition coefficient (Wildman–Crippen LogP) is 3.55. The van der Waals surface area contributed by atoms with E-state index in [1.165, 1.54) is 11.3 Å². The van der Waals surface area contributed by atoms with Crippen LogP contribution in [0, 0.1) is 0 Å². The van der Waals surface area contributed by atoms with Gasteiger partial charge in [-0.2, -0.15) is 0 Å². The summed E-state index contributed by atoms with van der Waals surface area (Å²) in [7, 11) is 0. The zero-order chi connectivity index (χ0) is 15.4. The van der Waals surface area contributed by atoms with Crippen LogP contribution >= 0.6 is 11.3 Å². The molecule has 0 fully saturated rings. The molecule has 1 unspecified atom stereocenters. The SMILES string of the molecule is C=C(C)Cn1c(C(C)C(=O)O)csc1=Nc1ccccc1. The van der Waals surface area contributed by atoms with Crippen molar-refractivity contribution in [3.05, 3.63) is 58.4 Å². The molecule has 110 valence electrons. The third kappa shape index (κ3) is 3.70. The lowest BCUT2D eigenvalue weighted by molar-refractivity contribution is -0.138. The molecule has 0 aliphatic carbocycles. The average molecular weight is 302 g/mol. The number of thiazole rings is 1. The van der Waals surface area contributed by atoms with Crippen molar-refractivity contribution in [2.24, 2.45) is 4.99 Å². The lowest BCUT2D eigenvalue weighted by Gasteiger charge is -2.11. The minimum absolute atomic E-state index is 0.569. The Morgan fingerprint density at radius 2 is 2.10 bits per heavy atom. The number of carboxylic acid groups (broad SMARTS) is 1. The summed E-state index contributed by atoms with van der Waals surface area (Å²) < 4.78 is 1.93. The molecule has 1 N–H and O–H groups in total. The van der Waals surface area contributed by atoms with Gasteiger partial charge in [0.15, 0.2) is 4.80 Å². The minimum atomic E-state index is -0.838. The zero-order valence-corrected chi connectivity index (χ0v) is 12.9. The van der Waals surface area contributed by atoms with E-state index in [2.05, 4.69) is 11.6 Å². The maximum absolute atomic E-state index is 11.2. The van der Waals surface area contributed by atoms with E-state index in [9.17, 15) is 9.90 Å². The van der Waals surface area contributed by atoms with Gasteiger partial charge in [0.25, 0.3) is 0 Å². The summed E-state index contributed by atoms with van der Waals surface area (Å²) in [5, 5.41) is 11.1. The quantitative estimate of drug-likeness (QED) is 0.859. The summed E-state index contributed by atoms with van der Waals surface area (Å²) in [6.07, 6.45) is 0. The summed E-state index contributed by atoms with van der Waals surface area (Å²) in [4.78, 5) is 16.6. The number of para-hydroxylation sites is 1. The van der Waals surface area contributed by atoms with Gasteiger partial charge in [-0.05, 0) is 26.0 Å². The maximum Gasteiger partial charge on any atom is 0.312 e. The number of carbonyl (C=O) groups is 1. The number of hydrogen-bond acceptors (Lipinski definition) is 3.